The van der Waals surface area contributed by atoms with Gasteiger partial charge in [-0.05, 0) is 18.9 Å². The second-order valence-corrected chi connectivity index (χ2v) is 7.91. The molecule has 7 heteroatoms. The first-order valence-corrected chi connectivity index (χ1v) is 9.07. The minimum Gasteiger partial charge on any atom is -0.481 e. The summed E-state index contributed by atoms with van der Waals surface area (Å²) in [5, 5.41) is 9.87. The highest BCUT2D eigenvalue weighted by Crippen LogP contribution is 2.44. The molecule has 1 N–H and O–H groups in total. The van der Waals surface area contributed by atoms with Gasteiger partial charge in [0, 0.05) is 56.2 Å². The van der Waals surface area contributed by atoms with Gasteiger partial charge in [0.25, 0.3) is 0 Å². The van der Waals surface area contributed by atoms with Crippen molar-refractivity contribution < 1.29 is 23.5 Å². The van der Waals surface area contributed by atoms with Crippen LogP contribution in [0.3, 0.4) is 0 Å². The Balaban J connectivity index is 1.48. The third kappa shape index (κ3) is 2.78. The monoisotopic (exact) mass is 364 g/mol. The maximum absolute atomic E-state index is 13.9. The number of nitrogens with zero attached hydrogens (tertiary/aromatic N) is 2. The molecule has 2 saturated heterocycles. The van der Waals surface area contributed by atoms with E-state index in [4.69, 9.17) is 0 Å². The largest absolute Gasteiger partial charge is 0.481 e. The zero-order chi connectivity index (χ0) is 18.5. The smallest absolute Gasteiger partial charge is 0.313 e. The van der Waals surface area contributed by atoms with Gasteiger partial charge in [0.05, 0.1) is 0 Å². The van der Waals surface area contributed by atoms with Crippen molar-refractivity contribution in [3.05, 3.63) is 35.4 Å². The topological polar surface area (TPSA) is 60.9 Å². The molecule has 26 heavy (non-hydrogen) atoms. The molecule has 1 saturated carbocycles. The van der Waals surface area contributed by atoms with Gasteiger partial charge in [0.2, 0.25) is 5.91 Å². The molecule has 1 aromatic rings. The summed E-state index contributed by atoms with van der Waals surface area (Å²) in [5.41, 5.74) is -0.634. The molecule has 140 valence electrons. The number of hydrogen-bond donors (Lipinski definition) is 1. The number of carbonyl (C=O) groups is 2. The van der Waals surface area contributed by atoms with E-state index < -0.39 is 23.0 Å². The van der Waals surface area contributed by atoms with Crippen LogP contribution in [0.1, 0.15) is 24.8 Å². The first-order chi connectivity index (χ1) is 12.4. The van der Waals surface area contributed by atoms with E-state index >= 15 is 0 Å². The van der Waals surface area contributed by atoms with Gasteiger partial charge in [-0.3, -0.25) is 14.5 Å². The Morgan fingerprint density at radius 1 is 1.19 bits per heavy atom. The summed E-state index contributed by atoms with van der Waals surface area (Å²) in [6, 6.07) is 3.46. The van der Waals surface area contributed by atoms with Gasteiger partial charge in [0.15, 0.2) is 0 Å². The van der Waals surface area contributed by atoms with Crippen molar-refractivity contribution in [2.24, 2.45) is 17.3 Å². The maximum atomic E-state index is 13.9. The molecule has 0 bridgehead atoms. The predicted molar refractivity (Wildman–Crippen MR) is 89.1 cm³/mol. The zero-order valence-corrected chi connectivity index (χ0v) is 14.5. The fraction of sp³-hybridized carbons (Fsp3) is 0.579. The third-order valence-electron chi connectivity index (χ3n) is 6.28. The third-order valence-corrected chi connectivity index (χ3v) is 6.28. The van der Waals surface area contributed by atoms with E-state index in [0.717, 1.165) is 25.3 Å². The average Bonchev–Trinajstić information content (AvgIpc) is 3.03. The lowest BCUT2D eigenvalue weighted by atomic mass is 9.81. The van der Waals surface area contributed by atoms with Crippen LogP contribution in [0.2, 0.25) is 0 Å². The van der Waals surface area contributed by atoms with Crippen LogP contribution in [0.25, 0.3) is 0 Å². The number of aliphatic carboxylic acids is 1. The second kappa shape index (κ2) is 6.30. The molecular weight excluding hydrogens is 342 g/mol. The highest BCUT2D eigenvalue weighted by atomic mass is 19.1. The van der Waals surface area contributed by atoms with Crippen molar-refractivity contribution in [2.45, 2.75) is 25.8 Å². The number of carboxylic acids is 1. The number of rotatable bonds is 4. The van der Waals surface area contributed by atoms with E-state index in [1.807, 2.05) is 4.90 Å². The standard InChI is InChI=1S/C19H22F2N2O3/c20-15-5-4-13(16(21)6-15)7-22-8-14-9-23(17(24)12-2-1-3-12)11-19(14,10-22)18(25)26/h4-6,12,14H,1-3,7-11H2,(H,25,26)/t14?,19-/m0/s1. The Morgan fingerprint density at radius 2 is 1.96 bits per heavy atom. The van der Waals surface area contributed by atoms with Crippen LogP contribution >= 0.6 is 0 Å². The molecule has 5 nitrogen and oxygen atoms in total. The molecule has 3 aliphatic rings. The second-order valence-electron chi connectivity index (χ2n) is 7.91. The lowest BCUT2D eigenvalue weighted by Gasteiger charge is -2.31. The van der Waals surface area contributed by atoms with E-state index in [1.165, 1.54) is 12.1 Å². The van der Waals surface area contributed by atoms with Crippen molar-refractivity contribution in [2.75, 3.05) is 26.2 Å². The van der Waals surface area contributed by atoms with E-state index in [0.29, 0.717) is 18.7 Å². The zero-order valence-electron chi connectivity index (χ0n) is 14.5. The Kier molecular flexibility index (Phi) is 4.22. The highest BCUT2D eigenvalue weighted by Gasteiger charge is 2.58. The van der Waals surface area contributed by atoms with Crippen LogP contribution in [-0.4, -0.2) is 53.0 Å². The molecule has 2 aliphatic heterocycles. The number of fused-ring (bicyclic) bond motifs is 1. The normalized spacial score (nSPS) is 28.8. The summed E-state index contributed by atoms with van der Waals surface area (Å²) in [4.78, 5) is 28.2. The van der Waals surface area contributed by atoms with E-state index in [2.05, 4.69) is 0 Å². The fourth-order valence-corrected chi connectivity index (χ4v) is 4.56. The van der Waals surface area contributed by atoms with E-state index in [-0.39, 0.29) is 37.4 Å². The summed E-state index contributed by atoms with van der Waals surface area (Å²) < 4.78 is 27.0. The molecule has 2 atom stereocenters. The average molecular weight is 364 g/mol. The predicted octanol–water partition coefficient (Wildman–Crippen LogP) is 2.11. The lowest BCUT2D eigenvalue weighted by Crippen LogP contribution is -2.44. The number of carboxylic acid groups (broad SMARTS) is 1. The molecule has 4 rings (SSSR count). The highest BCUT2D eigenvalue weighted by molar-refractivity contribution is 5.83. The molecule has 1 amide bonds. The number of halogens is 2. The molecule has 2 heterocycles. The molecule has 3 fully saturated rings. The van der Waals surface area contributed by atoms with Gasteiger partial charge < -0.3 is 10.0 Å². The van der Waals surface area contributed by atoms with Crippen LogP contribution in [0, 0.1) is 28.9 Å². The Morgan fingerprint density at radius 3 is 2.54 bits per heavy atom. The van der Waals surface area contributed by atoms with Crippen molar-refractivity contribution in [3.63, 3.8) is 0 Å². The Labute approximate surface area is 150 Å². The summed E-state index contributed by atoms with van der Waals surface area (Å²) in [6.07, 6.45) is 2.86. The minimum absolute atomic E-state index is 0.0593. The van der Waals surface area contributed by atoms with Crippen molar-refractivity contribution in [1.29, 1.82) is 0 Å². The summed E-state index contributed by atoms with van der Waals surface area (Å²) in [6.45, 7) is 1.69. The Bertz CT molecular complexity index is 752. The number of hydrogen-bond acceptors (Lipinski definition) is 3. The first kappa shape index (κ1) is 17.4. The number of likely N-dealkylation sites (tertiary alicyclic amines) is 2. The van der Waals surface area contributed by atoms with E-state index in [1.54, 1.807) is 4.90 Å². The van der Waals surface area contributed by atoms with Gasteiger partial charge in [-0.1, -0.05) is 12.5 Å². The first-order valence-electron chi connectivity index (χ1n) is 9.07. The summed E-state index contributed by atoms with van der Waals surface area (Å²) in [7, 11) is 0. The lowest BCUT2D eigenvalue weighted by molar-refractivity contribution is -0.149. The number of carbonyl (C=O) groups excluding carboxylic acids is 1. The van der Waals surface area contributed by atoms with E-state index in [9.17, 15) is 23.5 Å². The molecule has 0 aromatic heterocycles. The van der Waals surface area contributed by atoms with Gasteiger partial charge in [-0.25, -0.2) is 8.78 Å². The summed E-state index contributed by atoms with van der Waals surface area (Å²) in [5.74, 6) is -2.16. The van der Waals surface area contributed by atoms with Gasteiger partial charge in [-0.2, -0.15) is 0 Å². The van der Waals surface area contributed by atoms with Crippen LogP contribution in [-0.2, 0) is 16.1 Å². The van der Waals surface area contributed by atoms with Crippen molar-refractivity contribution in [3.8, 4) is 0 Å². The molecule has 0 radical (unpaired) electrons. The molecule has 1 unspecified atom stereocenters. The maximum Gasteiger partial charge on any atom is 0.313 e. The van der Waals surface area contributed by atoms with Gasteiger partial charge >= 0.3 is 5.97 Å². The van der Waals surface area contributed by atoms with Crippen LogP contribution in [0.15, 0.2) is 18.2 Å². The van der Waals surface area contributed by atoms with Crippen LogP contribution in [0.4, 0.5) is 8.78 Å². The number of benzene rings is 1. The molecule has 1 aliphatic carbocycles. The Hall–Kier alpha value is -2.02. The SMILES string of the molecule is O=C(C1CCC1)N1CC2CN(Cc3ccc(F)cc3F)C[C@]2(C(=O)O)C1. The van der Waals surface area contributed by atoms with Gasteiger partial charge in [-0.15, -0.1) is 0 Å². The van der Waals surface area contributed by atoms with Gasteiger partial charge in [0.1, 0.15) is 17.0 Å². The van der Waals surface area contributed by atoms with Crippen LogP contribution in [0.5, 0.6) is 0 Å². The van der Waals surface area contributed by atoms with Crippen molar-refractivity contribution >= 4 is 11.9 Å². The molecule has 1 aromatic carbocycles. The molecule has 0 spiro atoms. The summed E-state index contributed by atoms with van der Waals surface area (Å²) >= 11 is 0. The number of amides is 1. The fourth-order valence-electron chi connectivity index (χ4n) is 4.56. The quantitative estimate of drug-likeness (QED) is 0.889. The van der Waals surface area contributed by atoms with Crippen molar-refractivity contribution in [1.82, 2.24) is 9.80 Å². The minimum atomic E-state index is -0.990. The van der Waals surface area contributed by atoms with Crippen LogP contribution < -0.4 is 0 Å². The molecular formula is C19H22F2N2O3.